The molecule has 3 aliphatic heterocycles. The molecule has 6 atom stereocenters. The van der Waals surface area contributed by atoms with Crippen LogP contribution in [0.25, 0.3) is 0 Å². The van der Waals surface area contributed by atoms with Gasteiger partial charge in [0.15, 0.2) is 0 Å². The summed E-state index contributed by atoms with van der Waals surface area (Å²) in [4.78, 5) is 43.3. The Morgan fingerprint density at radius 3 is 2.71 bits per heavy atom. The molecule has 184 valence electrons. The minimum Gasteiger partial charge on any atom is -0.481 e. The van der Waals surface area contributed by atoms with Crippen LogP contribution in [-0.2, 0) is 19.1 Å². The van der Waals surface area contributed by atoms with Crippen LogP contribution in [0.4, 0.5) is 5.69 Å². The number of hydrogen-bond acceptors (Lipinski definition) is 5. The average molecular weight is 491 g/mol. The van der Waals surface area contributed by atoms with Crippen molar-refractivity contribution in [1.29, 1.82) is 0 Å². The molecule has 8 nitrogen and oxygen atoms in total. The van der Waals surface area contributed by atoms with E-state index in [0.29, 0.717) is 17.1 Å². The summed E-state index contributed by atoms with van der Waals surface area (Å²) in [6.07, 6.45) is 2.23. The summed E-state index contributed by atoms with van der Waals surface area (Å²) in [5, 5.41) is 19.9. The Labute approximate surface area is 204 Å². The summed E-state index contributed by atoms with van der Waals surface area (Å²) < 4.78 is 6.48. The molecule has 9 heteroatoms. The van der Waals surface area contributed by atoms with Crippen molar-refractivity contribution in [1.82, 2.24) is 4.90 Å². The van der Waals surface area contributed by atoms with Crippen molar-refractivity contribution >= 4 is 35.1 Å². The number of aliphatic hydroxyl groups is 1. The van der Waals surface area contributed by atoms with E-state index in [-0.39, 0.29) is 32.0 Å². The smallest absolute Gasteiger partial charge is 0.310 e. The number of carboxylic acid groups (broad SMARTS) is 1. The number of aliphatic carboxylic acids is 1. The Balaban J connectivity index is 1.86. The summed E-state index contributed by atoms with van der Waals surface area (Å²) in [6, 6.07) is 4.29. The van der Waals surface area contributed by atoms with Crippen molar-refractivity contribution in [2.24, 2.45) is 17.8 Å². The molecule has 34 heavy (non-hydrogen) atoms. The van der Waals surface area contributed by atoms with Gasteiger partial charge < -0.3 is 24.7 Å². The normalized spacial score (nSPS) is 33.8. The van der Waals surface area contributed by atoms with Crippen molar-refractivity contribution in [2.75, 3.05) is 24.6 Å². The van der Waals surface area contributed by atoms with E-state index < -0.39 is 46.9 Å². The fourth-order valence-corrected chi connectivity index (χ4v) is 6.73. The van der Waals surface area contributed by atoms with Gasteiger partial charge in [0.25, 0.3) is 5.91 Å². The SMILES string of the molecule is C=CCN(C(=O)C1N(CCCO)C(=O)[C@@H]2[C@@H](C(=O)O)[C@]3(C)OC12CC3C)c1c(C)cccc1Cl. The molecule has 4 rings (SSSR count). The second kappa shape index (κ2) is 8.66. The van der Waals surface area contributed by atoms with E-state index in [2.05, 4.69) is 6.58 Å². The topological polar surface area (TPSA) is 107 Å². The predicted molar refractivity (Wildman–Crippen MR) is 127 cm³/mol. The Kier molecular flexibility index (Phi) is 6.29. The molecule has 2 amide bonds. The highest BCUT2D eigenvalue weighted by atomic mass is 35.5. The lowest BCUT2D eigenvalue weighted by atomic mass is 9.62. The molecule has 3 aliphatic rings. The van der Waals surface area contributed by atoms with Crippen molar-refractivity contribution in [3.05, 3.63) is 41.4 Å². The number of aliphatic hydroxyl groups excluding tert-OH is 1. The molecule has 3 saturated heterocycles. The lowest BCUT2D eigenvalue weighted by Gasteiger charge is -2.37. The van der Waals surface area contributed by atoms with Crippen molar-refractivity contribution in [3.63, 3.8) is 0 Å². The summed E-state index contributed by atoms with van der Waals surface area (Å²) in [5.41, 5.74) is -1.03. The maximum Gasteiger partial charge on any atom is 0.310 e. The number of para-hydroxylation sites is 1. The molecule has 1 spiro atoms. The number of benzene rings is 1. The van der Waals surface area contributed by atoms with Gasteiger partial charge >= 0.3 is 5.97 Å². The standard InChI is InChI=1S/C25H31ClN2O6/c1-5-10-27(19-14(2)8-6-9-16(19)26)22(31)20-25-13-15(3)24(4,34-25)18(23(32)33)17(25)21(30)28(20)11-7-12-29/h5-6,8-9,15,17-18,20,29H,1,7,10-13H2,2-4H3,(H,32,33)/t15?,17-,18-,20?,24+,25?/m0/s1. The van der Waals surface area contributed by atoms with Gasteiger partial charge in [-0.1, -0.05) is 36.7 Å². The van der Waals surface area contributed by atoms with Crippen LogP contribution < -0.4 is 4.90 Å². The van der Waals surface area contributed by atoms with Crippen LogP contribution in [0.2, 0.25) is 5.02 Å². The van der Waals surface area contributed by atoms with Crippen LogP contribution in [0.5, 0.6) is 0 Å². The quantitative estimate of drug-likeness (QED) is 0.542. The van der Waals surface area contributed by atoms with E-state index in [1.54, 1.807) is 25.1 Å². The first-order chi connectivity index (χ1) is 16.0. The molecule has 3 heterocycles. The largest absolute Gasteiger partial charge is 0.481 e. The van der Waals surface area contributed by atoms with Gasteiger partial charge in [0.1, 0.15) is 17.6 Å². The number of halogens is 1. The predicted octanol–water partition coefficient (Wildman–Crippen LogP) is 2.65. The molecule has 1 aromatic rings. The van der Waals surface area contributed by atoms with E-state index in [1.165, 1.54) is 9.80 Å². The van der Waals surface area contributed by atoms with Crippen molar-refractivity contribution in [3.8, 4) is 0 Å². The van der Waals surface area contributed by atoms with Gasteiger partial charge in [-0.15, -0.1) is 6.58 Å². The number of carbonyl (C=O) groups excluding carboxylic acids is 2. The minimum absolute atomic E-state index is 0.119. The summed E-state index contributed by atoms with van der Waals surface area (Å²) in [6.45, 7) is 9.37. The molecule has 2 N–H and O–H groups in total. The van der Waals surface area contributed by atoms with E-state index in [1.807, 2.05) is 19.9 Å². The monoisotopic (exact) mass is 490 g/mol. The number of carboxylic acids is 1. The van der Waals surface area contributed by atoms with Gasteiger partial charge in [0.2, 0.25) is 5.91 Å². The van der Waals surface area contributed by atoms with E-state index in [0.717, 1.165) is 5.56 Å². The van der Waals surface area contributed by atoms with Crippen molar-refractivity contribution in [2.45, 2.75) is 50.9 Å². The third-order valence-electron chi connectivity index (χ3n) is 7.91. The first-order valence-electron chi connectivity index (χ1n) is 11.6. The van der Waals surface area contributed by atoms with E-state index in [9.17, 15) is 24.6 Å². The van der Waals surface area contributed by atoms with Crippen LogP contribution in [-0.4, -0.2) is 69.8 Å². The third-order valence-corrected chi connectivity index (χ3v) is 8.21. The van der Waals surface area contributed by atoms with E-state index >= 15 is 0 Å². The molecular weight excluding hydrogens is 460 g/mol. The molecule has 1 aromatic carbocycles. The summed E-state index contributed by atoms with van der Waals surface area (Å²) in [7, 11) is 0. The number of hydrogen-bond donors (Lipinski definition) is 2. The number of ether oxygens (including phenoxy) is 1. The number of amides is 2. The summed E-state index contributed by atoms with van der Waals surface area (Å²) in [5.74, 6) is -4.11. The number of carbonyl (C=O) groups is 3. The molecule has 0 saturated carbocycles. The van der Waals surface area contributed by atoms with Gasteiger partial charge in [-0.25, -0.2) is 0 Å². The summed E-state index contributed by atoms with van der Waals surface area (Å²) >= 11 is 6.51. The maximum atomic E-state index is 14.3. The fraction of sp³-hybridized carbons (Fsp3) is 0.560. The van der Waals surface area contributed by atoms with E-state index in [4.69, 9.17) is 16.3 Å². The van der Waals surface area contributed by atoms with Gasteiger partial charge in [-0.05, 0) is 44.2 Å². The molecular formula is C25H31ClN2O6. The number of aryl methyl sites for hydroxylation is 1. The third kappa shape index (κ3) is 3.30. The Bertz CT molecular complexity index is 1030. The zero-order valence-corrected chi connectivity index (χ0v) is 20.4. The zero-order valence-electron chi connectivity index (χ0n) is 19.7. The first kappa shape index (κ1) is 24.7. The number of anilines is 1. The molecule has 3 unspecified atom stereocenters. The fourth-order valence-electron chi connectivity index (χ4n) is 6.41. The minimum atomic E-state index is -1.27. The number of likely N-dealkylation sites (tertiary alicyclic amines) is 1. The highest BCUT2D eigenvalue weighted by Crippen LogP contribution is 2.65. The van der Waals surface area contributed by atoms with Crippen LogP contribution in [0.15, 0.2) is 30.9 Å². The van der Waals surface area contributed by atoms with Crippen molar-refractivity contribution < 1.29 is 29.3 Å². The molecule has 3 fully saturated rings. The highest BCUT2D eigenvalue weighted by Gasteiger charge is 2.80. The second-order valence-corrected chi connectivity index (χ2v) is 10.2. The Morgan fingerprint density at radius 2 is 2.12 bits per heavy atom. The molecule has 2 bridgehead atoms. The molecule has 0 radical (unpaired) electrons. The lowest BCUT2D eigenvalue weighted by molar-refractivity contribution is -0.156. The highest BCUT2D eigenvalue weighted by molar-refractivity contribution is 6.34. The van der Waals surface area contributed by atoms with Crippen LogP contribution in [0.1, 0.15) is 32.3 Å². The van der Waals surface area contributed by atoms with Gasteiger partial charge in [-0.3, -0.25) is 14.4 Å². The first-order valence-corrected chi connectivity index (χ1v) is 11.9. The van der Waals surface area contributed by atoms with Gasteiger partial charge in [0, 0.05) is 19.7 Å². The second-order valence-electron chi connectivity index (χ2n) is 9.79. The maximum absolute atomic E-state index is 14.3. The van der Waals surface area contributed by atoms with Crippen LogP contribution in [0, 0.1) is 24.7 Å². The average Bonchev–Trinajstić information content (AvgIpc) is 3.28. The lowest BCUT2D eigenvalue weighted by Crippen LogP contribution is -2.57. The Hall–Kier alpha value is -2.42. The molecule has 0 aromatic heterocycles. The van der Waals surface area contributed by atoms with Gasteiger partial charge in [0.05, 0.1) is 22.2 Å². The zero-order chi connectivity index (χ0) is 25.0. The van der Waals surface area contributed by atoms with Crippen LogP contribution in [0.3, 0.4) is 0 Å². The van der Waals surface area contributed by atoms with Crippen LogP contribution >= 0.6 is 11.6 Å². The number of nitrogens with zero attached hydrogens (tertiary/aromatic N) is 2. The number of rotatable bonds is 8. The van der Waals surface area contributed by atoms with Gasteiger partial charge in [-0.2, -0.15) is 0 Å². The Morgan fingerprint density at radius 1 is 1.41 bits per heavy atom. The molecule has 0 aliphatic carbocycles. The number of fused-ring (bicyclic) bond motifs is 1.